The van der Waals surface area contributed by atoms with Gasteiger partial charge in [0.2, 0.25) is 0 Å². The van der Waals surface area contributed by atoms with Crippen molar-refractivity contribution in [1.29, 1.82) is 0 Å². The molecule has 1 aliphatic rings. The van der Waals surface area contributed by atoms with Gasteiger partial charge in [-0.15, -0.1) is 0 Å². The van der Waals surface area contributed by atoms with Gasteiger partial charge >= 0.3 is 0 Å². The molecule has 0 spiro atoms. The Hall–Kier alpha value is -1.36. The summed E-state index contributed by atoms with van der Waals surface area (Å²) in [5.41, 5.74) is 1.74. The molecule has 2 rings (SSSR count). The van der Waals surface area contributed by atoms with Gasteiger partial charge in [-0.2, -0.15) is 0 Å². The second-order valence-electron chi connectivity index (χ2n) is 5.42. The molecule has 0 radical (unpaired) electrons. The number of nitrogens with zero attached hydrogens (tertiary/aromatic N) is 1. The van der Waals surface area contributed by atoms with E-state index < -0.39 is 9.84 Å². The van der Waals surface area contributed by atoms with Gasteiger partial charge in [-0.3, -0.25) is 4.79 Å². The van der Waals surface area contributed by atoms with Crippen LogP contribution < -0.4 is 0 Å². The molecule has 1 aromatic carbocycles. The summed E-state index contributed by atoms with van der Waals surface area (Å²) in [6.07, 6.45) is 1.38. The summed E-state index contributed by atoms with van der Waals surface area (Å²) in [4.78, 5) is 14.3. The fourth-order valence-corrected chi connectivity index (χ4v) is 4.30. The van der Waals surface area contributed by atoms with Crippen molar-refractivity contribution < 1.29 is 13.2 Å². The van der Waals surface area contributed by atoms with E-state index in [0.717, 1.165) is 12.0 Å². The molecule has 1 saturated heterocycles. The average molecular weight is 295 g/mol. The van der Waals surface area contributed by atoms with Crippen molar-refractivity contribution in [2.24, 2.45) is 0 Å². The Morgan fingerprint density at radius 1 is 1.30 bits per heavy atom. The van der Waals surface area contributed by atoms with Crippen LogP contribution in [0.15, 0.2) is 24.3 Å². The Morgan fingerprint density at radius 2 is 1.95 bits per heavy atom. The first kappa shape index (κ1) is 15.0. The minimum Gasteiger partial charge on any atom is -0.335 e. The second kappa shape index (κ2) is 5.95. The lowest BCUT2D eigenvalue weighted by molar-refractivity contribution is 0.0697. The van der Waals surface area contributed by atoms with E-state index in [4.69, 9.17) is 0 Å². The van der Waals surface area contributed by atoms with Gasteiger partial charge in [-0.1, -0.05) is 24.6 Å². The third-order valence-electron chi connectivity index (χ3n) is 3.67. The lowest BCUT2D eigenvalue weighted by Crippen LogP contribution is -2.41. The second-order valence-corrected chi connectivity index (χ2v) is 7.65. The van der Waals surface area contributed by atoms with Crippen molar-refractivity contribution in [3.05, 3.63) is 35.4 Å². The van der Waals surface area contributed by atoms with Gasteiger partial charge < -0.3 is 4.90 Å². The summed E-state index contributed by atoms with van der Waals surface area (Å²) < 4.78 is 23.2. The molecule has 0 aliphatic carbocycles. The van der Waals surface area contributed by atoms with Crippen LogP contribution in [-0.2, 0) is 9.84 Å². The number of carbonyl (C=O) groups excluding carboxylic acids is 1. The van der Waals surface area contributed by atoms with Crippen molar-refractivity contribution >= 4 is 15.7 Å². The van der Waals surface area contributed by atoms with Crippen LogP contribution in [0.1, 0.15) is 35.7 Å². The van der Waals surface area contributed by atoms with Gasteiger partial charge in [-0.05, 0) is 31.9 Å². The zero-order valence-electron chi connectivity index (χ0n) is 12.0. The van der Waals surface area contributed by atoms with Gasteiger partial charge in [0, 0.05) is 18.2 Å². The first-order valence-electron chi connectivity index (χ1n) is 7.01. The molecule has 0 saturated carbocycles. The van der Waals surface area contributed by atoms with Crippen LogP contribution >= 0.6 is 0 Å². The molecule has 5 heteroatoms. The molecule has 1 amide bonds. The van der Waals surface area contributed by atoms with E-state index >= 15 is 0 Å². The average Bonchev–Trinajstić information content (AvgIpc) is 2.76. The molecule has 1 fully saturated rings. The predicted molar refractivity (Wildman–Crippen MR) is 79.6 cm³/mol. The van der Waals surface area contributed by atoms with Crippen LogP contribution in [0, 0.1) is 6.92 Å². The molecule has 0 bridgehead atoms. The van der Waals surface area contributed by atoms with E-state index in [1.165, 1.54) is 0 Å². The first-order valence-corrected chi connectivity index (χ1v) is 8.83. The van der Waals surface area contributed by atoms with Crippen molar-refractivity contribution in [1.82, 2.24) is 4.90 Å². The molecule has 0 N–H and O–H groups in total. The minimum absolute atomic E-state index is 0.0612. The Bertz CT molecular complexity index is 578. The summed E-state index contributed by atoms with van der Waals surface area (Å²) in [5.74, 6) is 0.234. The smallest absolute Gasteiger partial charge is 0.254 e. The Balaban J connectivity index is 2.20. The zero-order valence-corrected chi connectivity index (χ0v) is 12.8. The molecular formula is C15H21NO3S. The number of sulfone groups is 1. The lowest BCUT2D eigenvalue weighted by Gasteiger charge is -2.28. The number of hydrogen-bond donors (Lipinski definition) is 0. The topological polar surface area (TPSA) is 54.5 Å². The van der Waals surface area contributed by atoms with Crippen molar-refractivity contribution in [2.75, 3.05) is 18.1 Å². The lowest BCUT2D eigenvalue weighted by atomic mass is 10.1. The summed E-state index contributed by atoms with van der Waals surface area (Å²) in [6.45, 7) is 4.58. The third-order valence-corrected chi connectivity index (χ3v) is 5.42. The molecule has 4 nitrogen and oxygen atoms in total. The molecule has 1 atom stereocenters. The number of benzene rings is 1. The Kier molecular flexibility index (Phi) is 4.48. The fourth-order valence-electron chi connectivity index (χ4n) is 2.57. The van der Waals surface area contributed by atoms with Crippen LogP contribution in [0.4, 0.5) is 0 Å². The highest BCUT2D eigenvalue weighted by molar-refractivity contribution is 7.91. The van der Waals surface area contributed by atoms with Gasteiger partial charge in [0.1, 0.15) is 0 Å². The summed E-state index contributed by atoms with van der Waals surface area (Å²) in [7, 11) is -2.98. The quantitative estimate of drug-likeness (QED) is 0.854. The summed E-state index contributed by atoms with van der Waals surface area (Å²) >= 11 is 0. The number of amides is 1. The molecule has 20 heavy (non-hydrogen) atoms. The largest absolute Gasteiger partial charge is 0.335 e. The van der Waals surface area contributed by atoms with Crippen molar-refractivity contribution in [3.63, 3.8) is 0 Å². The van der Waals surface area contributed by atoms with Crippen LogP contribution in [0.5, 0.6) is 0 Å². The van der Waals surface area contributed by atoms with E-state index in [1.807, 2.05) is 38.1 Å². The first-order chi connectivity index (χ1) is 9.43. The fraction of sp³-hybridized carbons (Fsp3) is 0.533. The van der Waals surface area contributed by atoms with E-state index in [1.54, 1.807) is 4.90 Å². The summed E-state index contributed by atoms with van der Waals surface area (Å²) in [5, 5.41) is 0. The van der Waals surface area contributed by atoms with Gasteiger partial charge in [-0.25, -0.2) is 8.42 Å². The number of rotatable bonds is 4. The number of hydrogen-bond acceptors (Lipinski definition) is 3. The van der Waals surface area contributed by atoms with Crippen molar-refractivity contribution in [2.45, 2.75) is 32.7 Å². The molecule has 1 aromatic rings. The van der Waals surface area contributed by atoms with Gasteiger partial charge in [0.05, 0.1) is 11.5 Å². The predicted octanol–water partition coefficient (Wildman–Crippen LogP) is 2.03. The maximum Gasteiger partial charge on any atom is 0.254 e. The molecule has 1 heterocycles. The minimum atomic E-state index is -2.98. The SMILES string of the molecule is CCCN(C(=O)c1ccc(C)cc1)[C@H]1CCS(=O)(=O)C1. The molecular weight excluding hydrogens is 274 g/mol. The van der Waals surface area contributed by atoms with Crippen molar-refractivity contribution in [3.8, 4) is 0 Å². The van der Waals surface area contributed by atoms with E-state index in [0.29, 0.717) is 18.5 Å². The maximum atomic E-state index is 12.6. The molecule has 1 aliphatic heterocycles. The van der Waals surface area contributed by atoms with Gasteiger partial charge in [0.25, 0.3) is 5.91 Å². The van der Waals surface area contributed by atoms with E-state index in [2.05, 4.69) is 0 Å². The van der Waals surface area contributed by atoms with Gasteiger partial charge in [0.15, 0.2) is 9.84 Å². The monoisotopic (exact) mass is 295 g/mol. The summed E-state index contributed by atoms with van der Waals surface area (Å²) in [6, 6.07) is 7.26. The third kappa shape index (κ3) is 3.39. The van der Waals surface area contributed by atoms with Crippen LogP contribution in [0.3, 0.4) is 0 Å². The Labute approximate surface area is 120 Å². The Morgan fingerprint density at radius 3 is 2.45 bits per heavy atom. The highest BCUT2D eigenvalue weighted by Gasteiger charge is 2.34. The van der Waals surface area contributed by atoms with E-state index in [9.17, 15) is 13.2 Å². The van der Waals surface area contributed by atoms with Crippen LogP contribution in [0.2, 0.25) is 0 Å². The maximum absolute atomic E-state index is 12.6. The normalized spacial score (nSPS) is 20.8. The van der Waals surface area contributed by atoms with Crippen LogP contribution in [-0.4, -0.2) is 43.3 Å². The number of aryl methyl sites for hydroxylation is 1. The highest BCUT2D eigenvalue weighted by atomic mass is 32.2. The van der Waals surface area contributed by atoms with E-state index in [-0.39, 0.29) is 23.5 Å². The molecule has 0 aromatic heterocycles. The molecule has 0 unspecified atom stereocenters. The number of carbonyl (C=O) groups is 1. The standard InChI is InChI=1S/C15H21NO3S/c1-3-9-16(14-8-10-20(18,19)11-14)15(17)13-6-4-12(2)5-7-13/h4-7,14H,3,8-11H2,1-2H3/t14-/m0/s1. The highest BCUT2D eigenvalue weighted by Crippen LogP contribution is 2.20. The van der Waals surface area contributed by atoms with Crippen LogP contribution in [0.25, 0.3) is 0 Å². The zero-order chi connectivity index (χ0) is 14.8. The molecule has 110 valence electrons.